The van der Waals surface area contributed by atoms with Gasteiger partial charge in [-0.05, 0) is 29.5 Å². The minimum Gasteiger partial charge on any atom is -0.410 e. The normalized spacial score (nSPS) is 15.1. The van der Waals surface area contributed by atoms with Crippen molar-refractivity contribution in [2.24, 2.45) is 0 Å². The molecule has 0 aliphatic heterocycles. The van der Waals surface area contributed by atoms with Gasteiger partial charge in [-0.3, -0.25) is 0 Å². The molecule has 0 aliphatic rings. The van der Waals surface area contributed by atoms with Gasteiger partial charge in [-0.15, -0.1) is 0 Å². The molecule has 0 aromatic rings. The lowest BCUT2D eigenvalue weighted by atomic mass is 10.2. The van der Waals surface area contributed by atoms with Crippen molar-refractivity contribution in [3.8, 4) is 0 Å². The molecule has 0 aliphatic carbocycles. The molecular formula is C16H33IOSi. The Kier molecular flexibility index (Phi) is 9.88. The maximum Gasteiger partial charge on any atom is 0.201 e. The van der Waals surface area contributed by atoms with Crippen LogP contribution in [-0.2, 0) is 4.43 Å². The Morgan fingerprint density at radius 3 is 1.79 bits per heavy atom. The van der Waals surface area contributed by atoms with Crippen LogP contribution in [0, 0.1) is 0 Å². The number of hydrogen-bond donors (Lipinski definition) is 0. The first kappa shape index (κ1) is 19.6. The van der Waals surface area contributed by atoms with E-state index in [1.54, 1.807) is 0 Å². The van der Waals surface area contributed by atoms with Crippen molar-refractivity contribution in [3.05, 3.63) is 12.2 Å². The molecule has 0 rings (SSSR count). The third-order valence-corrected chi connectivity index (χ3v) is 10.8. The van der Waals surface area contributed by atoms with Gasteiger partial charge in [0, 0.05) is 4.43 Å². The molecule has 0 aromatic heterocycles. The Labute approximate surface area is 135 Å². The molecule has 0 unspecified atom stereocenters. The molecule has 0 N–H and O–H groups in total. The maximum atomic E-state index is 6.77. The molecule has 0 saturated carbocycles. The van der Waals surface area contributed by atoms with Crippen LogP contribution in [-0.4, -0.2) is 18.8 Å². The largest absolute Gasteiger partial charge is 0.410 e. The third kappa shape index (κ3) is 5.50. The molecule has 0 saturated heterocycles. The van der Waals surface area contributed by atoms with Crippen LogP contribution >= 0.6 is 22.6 Å². The number of alkyl halides is 1. The van der Waals surface area contributed by atoms with E-state index in [0.717, 1.165) is 12.8 Å². The summed E-state index contributed by atoms with van der Waals surface area (Å²) in [4.78, 5) is 0. The number of halogens is 1. The Bertz CT molecular complexity index is 240. The van der Waals surface area contributed by atoms with E-state index in [-0.39, 0.29) is 0 Å². The smallest absolute Gasteiger partial charge is 0.201 e. The molecule has 1 atom stereocenters. The van der Waals surface area contributed by atoms with Gasteiger partial charge in [-0.2, -0.15) is 0 Å². The van der Waals surface area contributed by atoms with Crippen LogP contribution in [0.4, 0.5) is 0 Å². The Hall–Kier alpha value is 0.647. The van der Waals surface area contributed by atoms with Crippen LogP contribution in [0.1, 0.15) is 61.3 Å². The fraction of sp³-hybridized carbons (Fsp3) is 0.875. The molecule has 0 fully saturated rings. The highest BCUT2D eigenvalue weighted by atomic mass is 127. The van der Waals surface area contributed by atoms with Crippen molar-refractivity contribution in [2.45, 2.75) is 84.0 Å². The van der Waals surface area contributed by atoms with Crippen molar-refractivity contribution in [2.75, 3.05) is 4.43 Å². The van der Waals surface area contributed by atoms with Gasteiger partial charge in [0.25, 0.3) is 0 Å². The van der Waals surface area contributed by atoms with E-state index in [9.17, 15) is 0 Å². The van der Waals surface area contributed by atoms with Gasteiger partial charge >= 0.3 is 0 Å². The van der Waals surface area contributed by atoms with Gasteiger partial charge in [-0.25, -0.2) is 0 Å². The second-order valence-corrected chi connectivity index (χ2v) is 12.8. The van der Waals surface area contributed by atoms with Gasteiger partial charge in [0.2, 0.25) is 8.32 Å². The van der Waals surface area contributed by atoms with Crippen molar-refractivity contribution in [3.63, 3.8) is 0 Å². The van der Waals surface area contributed by atoms with Crippen LogP contribution in [0.15, 0.2) is 12.2 Å². The molecule has 0 spiro atoms. The van der Waals surface area contributed by atoms with Crippen LogP contribution in [0.2, 0.25) is 16.6 Å². The lowest BCUT2D eigenvalue weighted by molar-refractivity contribution is 0.212. The zero-order chi connectivity index (χ0) is 15.1. The summed E-state index contributed by atoms with van der Waals surface area (Å²) in [5.41, 5.74) is 2.00. The number of hydrogen-bond acceptors (Lipinski definition) is 1. The molecule has 1 nitrogen and oxygen atoms in total. The standard InChI is InChI=1S/C16H33IOSi/c1-8-16(11-9-10-12-17)18-19(13(2)3,14(4)5)15(6)7/h9,11,13-16H,8,10,12H2,1-7H3/t16-/m0/s1. The zero-order valence-electron chi connectivity index (χ0n) is 13.9. The summed E-state index contributed by atoms with van der Waals surface area (Å²) in [7, 11) is -1.72. The van der Waals surface area contributed by atoms with E-state index < -0.39 is 8.32 Å². The fourth-order valence-electron chi connectivity index (χ4n) is 3.24. The highest BCUT2D eigenvalue weighted by Gasteiger charge is 2.46. The summed E-state index contributed by atoms with van der Waals surface area (Å²) in [6.07, 6.45) is 7.13. The van der Waals surface area contributed by atoms with Gasteiger partial charge in [0.1, 0.15) is 0 Å². The molecule has 0 heterocycles. The van der Waals surface area contributed by atoms with E-state index in [4.69, 9.17) is 4.43 Å². The first-order valence-corrected chi connectivity index (χ1v) is 11.4. The second kappa shape index (κ2) is 9.56. The Balaban J connectivity index is 5.07. The molecule has 0 amide bonds. The van der Waals surface area contributed by atoms with Gasteiger partial charge in [0.05, 0.1) is 6.10 Å². The number of rotatable bonds is 9. The van der Waals surface area contributed by atoms with Crippen molar-refractivity contribution >= 4 is 30.9 Å². The lowest BCUT2D eigenvalue weighted by Gasteiger charge is -2.44. The minimum atomic E-state index is -1.72. The first-order chi connectivity index (χ1) is 8.82. The molecular weight excluding hydrogens is 363 g/mol. The minimum absolute atomic E-state index is 0.307. The summed E-state index contributed by atoms with van der Waals surface area (Å²) in [6.45, 7) is 16.4. The zero-order valence-corrected chi connectivity index (χ0v) is 17.0. The molecule has 19 heavy (non-hydrogen) atoms. The second-order valence-electron chi connectivity index (χ2n) is 6.29. The van der Waals surface area contributed by atoms with Crippen molar-refractivity contribution in [1.82, 2.24) is 0 Å². The Morgan fingerprint density at radius 1 is 1.00 bits per heavy atom. The van der Waals surface area contributed by atoms with E-state index in [0.29, 0.717) is 22.7 Å². The molecule has 3 heteroatoms. The average Bonchev–Trinajstić information content (AvgIpc) is 2.32. The van der Waals surface area contributed by atoms with Gasteiger partial charge in [-0.1, -0.05) is 83.2 Å². The van der Waals surface area contributed by atoms with Crippen LogP contribution < -0.4 is 0 Å². The molecule has 0 aromatic carbocycles. The van der Waals surface area contributed by atoms with E-state index >= 15 is 0 Å². The van der Waals surface area contributed by atoms with Crippen molar-refractivity contribution in [1.29, 1.82) is 0 Å². The summed E-state index contributed by atoms with van der Waals surface area (Å²) >= 11 is 2.42. The van der Waals surface area contributed by atoms with E-state index in [1.165, 1.54) is 4.43 Å². The van der Waals surface area contributed by atoms with Gasteiger partial charge < -0.3 is 4.43 Å². The van der Waals surface area contributed by atoms with Gasteiger partial charge in [0.15, 0.2) is 0 Å². The quantitative estimate of drug-likeness (QED) is 0.191. The SMILES string of the molecule is CC[C@@H](C=CCCI)O[Si](C(C)C)(C(C)C)C(C)C. The number of allylic oxidation sites excluding steroid dienone is 1. The lowest BCUT2D eigenvalue weighted by Crippen LogP contribution is -2.49. The van der Waals surface area contributed by atoms with Crippen LogP contribution in [0.25, 0.3) is 0 Å². The highest BCUT2D eigenvalue weighted by Crippen LogP contribution is 2.43. The predicted molar refractivity (Wildman–Crippen MR) is 98.9 cm³/mol. The monoisotopic (exact) mass is 396 g/mol. The van der Waals surface area contributed by atoms with Crippen LogP contribution in [0.5, 0.6) is 0 Å². The Morgan fingerprint density at radius 2 is 1.47 bits per heavy atom. The maximum absolute atomic E-state index is 6.77. The molecule has 0 radical (unpaired) electrons. The summed E-state index contributed by atoms with van der Waals surface area (Å²) in [6, 6.07) is 0. The topological polar surface area (TPSA) is 9.23 Å². The van der Waals surface area contributed by atoms with E-state index in [2.05, 4.69) is 83.2 Å². The summed E-state index contributed by atoms with van der Waals surface area (Å²) < 4.78 is 7.95. The predicted octanol–water partition coefficient (Wildman–Crippen LogP) is 6.34. The molecule has 114 valence electrons. The summed E-state index contributed by atoms with van der Waals surface area (Å²) in [5, 5.41) is 0. The van der Waals surface area contributed by atoms with Crippen LogP contribution in [0.3, 0.4) is 0 Å². The summed E-state index contributed by atoms with van der Waals surface area (Å²) in [5.74, 6) is 0. The highest BCUT2D eigenvalue weighted by molar-refractivity contribution is 14.1. The average molecular weight is 396 g/mol. The van der Waals surface area contributed by atoms with E-state index in [1.807, 2.05) is 0 Å². The first-order valence-electron chi connectivity index (χ1n) is 7.73. The van der Waals surface area contributed by atoms with Crippen molar-refractivity contribution < 1.29 is 4.43 Å². The third-order valence-electron chi connectivity index (χ3n) is 4.09. The molecule has 0 bridgehead atoms. The fourth-order valence-corrected chi connectivity index (χ4v) is 9.19.